The van der Waals surface area contributed by atoms with Crippen molar-refractivity contribution in [3.05, 3.63) is 64.3 Å². The maximum Gasteiger partial charge on any atom is 0.189 e. The first-order valence-corrected chi connectivity index (χ1v) is 6.03. The monoisotopic (exact) mass is 240 g/mol. The second-order valence-corrected chi connectivity index (χ2v) is 4.04. The highest BCUT2D eigenvalue weighted by molar-refractivity contribution is 5.70. The van der Waals surface area contributed by atoms with Crippen LogP contribution in [0.15, 0.2) is 53.3 Å². The molecule has 92 valence electrons. The van der Waals surface area contributed by atoms with E-state index < -0.39 is 0 Å². The van der Waals surface area contributed by atoms with Crippen LogP contribution in [0.1, 0.15) is 12.5 Å². The number of methoxy groups -OCH3 is 1. The highest BCUT2D eigenvalue weighted by Crippen LogP contribution is 2.26. The normalized spacial score (nSPS) is 10.1. The zero-order valence-corrected chi connectivity index (χ0v) is 10.6. The third-order valence-electron chi connectivity index (χ3n) is 2.99. The molecular weight excluding hydrogens is 224 g/mol. The van der Waals surface area contributed by atoms with Crippen molar-refractivity contribution in [3.8, 4) is 16.9 Å². The highest BCUT2D eigenvalue weighted by Gasteiger charge is 2.09. The van der Waals surface area contributed by atoms with E-state index in [1.54, 1.807) is 7.11 Å². The molecule has 2 aromatic carbocycles. The van der Waals surface area contributed by atoms with Crippen molar-refractivity contribution in [2.75, 3.05) is 7.11 Å². The van der Waals surface area contributed by atoms with E-state index in [9.17, 15) is 4.79 Å². The molecule has 0 fully saturated rings. The van der Waals surface area contributed by atoms with Crippen molar-refractivity contribution in [3.63, 3.8) is 0 Å². The molecule has 18 heavy (non-hydrogen) atoms. The minimum atomic E-state index is 0.0759. The summed E-state index contributed by atoms with van der Waals surface area (Å²) in [6.45, 7) is 1.99. The van der Waals surface area contributed by atoms with E-state index in [4.69, 9.17) is 4.74 Å². The molecule has 0 N–H and O–H groups in total. The average molecular weight is 240 g/mol. The molecule has 0 saturated heterocycles. The van der Waals surface area contributed by atoms with Crippen LogP contribution in [0, 0.1) is 0 Å². The Kier molecular flexibility index (Phi) is 3.78. The van der Waals surface area contributed by atoms with Gasteiger partial charge in [-0.05, 0) is 18.1 Å². The lowest BCUT2D eigenvalue weighted by Gasteiger charge is -2.06. The molecule has 0 spiro atoms. The molecule has 2 nitrogen and oxygen atoms in total. The van der Waals surface area contributed by atoms with Gasteiger partial charge in [0.25, 0.3) is 0 Å². The summed E-state index contributed by atoms with van der Waals surface area (Å²) in [5, 5.41) is 0. The lowest BCUT2D eigenvalue weighted by molar-refractivity contribution is 0.416. The second kappa shape index (κ2) is 5.50. The Morgan fingerprint density at radius 2 is 1.56 bits per heavy atom. The van der Waals surface area contributed by atoms with Crippen LogP contribution in [0.4, 0.5) is 0 Å². The SMILES string of the molecule is CCc1ccccc(-c2ccccc2OC)c1=O. The predicted octanol–water partition coefficient (Wildman–Crippen LogP) is 3.28. The number of benzene rings is 1. The summed E-state index contributed by atoms with van der Waals surface area (Å²) in [6.07, 6.45) is 0.732. The number of ether oxygens (including phenoxy) is 1. The van der Waals surface area contributed by atoms with E-state index >= 15 is 0 Å². The predicted molar refractivity (Wildman–Crippen MR) is 74.1 cm³/mol. The van der Waals surface area contributed by atoms with Crippen LogP contribution >= 0.6 is 0 Å². The van der Waals surface area contributed by atoms with Crippen LogP contribution < -0.4 is 10.2 Å². The summed E-state index contributed by atoms with van der Waals surface area (Å²) in [5.74, 6) is 0.725. The molecular formula is C16H16O2. The van der Waals surface area contributed by atoms with Gasteiger partial charge < -0.3 is 4.74 Å². The van der Waals surface area contributed by atoms with Crippen LogP contribution in [0.25, 0.3) is 11.1 Å². The van der Waals surface area contributed by atoms with Crippen molar-refractivity contribution in [2.45, 2.75) is 13.3 Å². The summed E-state index contributed by atoms with van der Waals surface area (Å²) in [6, 6.07) is 15.1. The van der Waals surface area contributed by atoms with Crippen LogP contribution in [-0.2, 0) is 6.42 Å². The summed E-state index contributed by atoms with van der Waals surface area (Å²) in [7, 11) is 1.62. The van der Waals surface area contributed by atoms with Crippen LogP contribution in [-0.4, -0.2) is 7.11 Å². The molecule has 2 rings (SSSR count). The van der Waals surface area contributed by atoms with Crippen molar-refractivity contribution < 1.29 is 4.74 Å². The lowest BCUT2D eigenvalue weighted by Crippen LogP contribution is -2.07. The van der Waals surface area contributed by atoms with Crippen LogP contribution in [0.3, 0.4) is 0 Å². The third-order valence-corrected chi connectivity index (χ3v) is 2.99. The van der Waals surface area contributed by atoms with Gasteiger partial charge in [-0.15, -0.1) is 0 Å². The zero-order chi connectivity index (χ0) is 13.0. The van der Waals surface area contributed by atoms with Gasteiger partial charge in [-0.3, -0.25) is 4.79 Å². The van der Waals surface area contributed by atoms with Crippen molar-refractivity contribution in [2.24, 2.45) is 0 Å². The van der Waals surface area contributed by atoms with Gasteiger partial charge in [0.2, 0.25) is 0 Å². The number of aryl methyl sites for hydroxylation is 1. The van der Waals surface area contributed by atoms with E-state index in [0.717, 1.165) is 23.3 Å². The molecule has 0 saturated carbocycles. The first-order valence-electron chi connectivity index (χ1n) is 6.03. The van der Waals surface area contributed by atoms with E-state index in [1.807, 2.05) is 55.5 Å². The maximum absolute atomic E-state index is 12.4. The Labute approximate surface area is 107 Å². The van der Waals surface area contributed by atoms with Crippen molar-refractivity contribution in [1.29, 1.82) is 0 Å². The minimum Gasteiger partial charge on any atom is -0.496 e. The van der Waals surface area contributed by atoms with E-state index in [-0.39, 0.29) is 5.43 Å². The quantitative estimate of drug-likeness (QED) is 0.823. The second-order valence-electron chi connectivity index (χ2n) is 4.04. The first-order chi connectivity index (χ1) is 8.77. The van der Waals surface area contributed by atoms with Gasteiger partial charge in [0.15, 0.2) is 5.43 Å². The first kappa shape index (κ1) is 12.4. The summed E-state index contributed by atoms with van der Waals surface area (Å²) in [4.78, 5) is 12.4. The molecule has 0 radical (unpaired) electrons. The zero-order valence-electron chi connectivity index (χ0n) is 10.6. The molecule has 2 aromatic rings. The number of para-hydroxylation sites is 1. The van der Waals surface area contributed by atoms with E-state index in [2.05, 4.69) is 0 Å². The molecule has 2 heteroatoms. The van der Waals surface area contributed by atoms with Gasteiger partial charge in [-0.1, -0.05) is 49.4 Å². The summed E-state index contributed by atoms with van der Waals surface area (Å²) < 4.78 is 5.32. The molecule has 0 aromatic heterocycles. The number of rotatable bonds is 3. The molecule has 0 heterocycles. The van der Waals surface area contributed by atoms with Gasteiger partial charge in [0, 0.05) is 11.1 Å². The van der Waals surface area contributed by atoms with Crippen LogP contribution in [0.2, 0.25) is 0 Å². The van der Waals surface area contributed by atoms with E-state index in [1.165, 1.54) is 0 Å². The Bertz CT molecular complexity index is 603. The molecule has 0 atom stereocenters. The molecule has 0 unspecified atom stereocenters. The van der Waals surface area contributed by atoms with Crippen LogP contribution in [0.5, 0.6) is 5.75 Å². The smallest absolute Gasteiger partial charge is 0.189 e. The largest absolute Gasteiger partial charge is 0.496 e. The topological polar surface area (TPSA) is 26.3 Å². The molecule has 0 aliphatic carbocycles. The minimum absolute atomic E-state index is 0.0759. The lowest BCUT2D eigenvalue weighted by atomic mass is 10.0. The van der Waals surface area contributed by atoms with Gasteiger partial charge >= 0.3 is 0 Å². The van der Waals surface area contributed by atoms with E-state index in [0.29, 0.717) is 5.56 Å². The van der Waals surface area contributed by atoms with Gasteiger partial charge in [-0.2, -0.15) is 0 Å². The van der Waals surface area contributed by atoms with Crippen molar-refractivity contribution >= 4 is 0 Å². The molecule has 0 aliphatic rings. The summed E-state index contributed by atoms with van der Waals surface area (Å²) >= 11 is 0. The average Bonchev–Trinajstić information content (AvgIpc) is 2.60. The fourth-order valence-corrected chi connectivity index (χ4v) is 2.01. The standard InChI is InChI=1S/C16H16O2/c1-3-12-8-4-5-10-14(16(12)17)13-9-6-7-11-15(13)18-2/h4-11H,3H2,1-2H3. The van der Waals surface area contributed by atoms with Gasteiger partial charge in [0.05, 0.1) is 7.11 Å². The van der Waals surface area contributed by atoms with Gasteiger partial charge in [-0.25, -0.2) is 0 Å². The third kappa shape index (κ3) is 2.28. The molecule has 0 amide bonds. The molecule has 0 aliphatic heterocycles. The summed E-state index contributed by atoms with van der Waals surface area (Å²) in [5.41, 5.74) is 2.43. The fourth-order valence-electron chi connectivity index (χ4n) is 2.01. The Morgan fingerprint density at radius 1 is 0.944 bits per heavy atom. The van der Waals surface area contributed by atoms with Crippen molar-refractivity contribution in [1.82, 2.24) is 0 Å². The highest BCUT2D eigenvalue weighted by atomic mass is 16.5. The Balaban J connectivity index is 2.72. The number of hydrogen-bond donors (Lipinski definition) is 0. The fraction of sp³-hybridized carbons (Fsp3) is 0.188. The maximum atomic E-state index is 12.4. The van der Waals surface area contributed by atoms with Gasteiger partial charge in [0.1, 0.15) is 5.75 Å². The number of hydrogen-bond acceptors (Lipinski definition) is 2. The Morgan fingerprint density at radius 3 is 2.22 bits per heavy atom. The Hall–Kier alpha value is -2.09. The molecule has 0 bridgehead atoms.